The molecule has 0 bridgehead atoms. The van der Waals surface area contributed by atoms with Gasteiger partial charge in [0.2, 0.25) is 10.0 Å². The van der Waals surface area contributed by atoms with E-state index in [9.17, 15) is 12.8 Å². The molecule has 0 aromatic heterocycles. The molecule has 1 rings (SSSR count). The normalized spacial score (nSPS) is 12.7. The molecule has 6 heteroatoms. The van der Waals surface area contributed by atoms with Crippen LogP contribution in [0.2, 0.25) is 0 Å². The highest BCUT2D eigenvalue weighted by atomic mass is 32.2. The molecule has 1 aromatic carbocycles. The molecule has 0 spiro atoms. The molecule has 1 aromatic rings. The van der Waals surface area contributed by atoms with Crippen molar-refractivity contribution in [1.29, 1.82) is 0 Å². The van der Waals surface area contributed by atoms with E-state index in [1.165, 1.54) is 6.07 Å². The molecule has 0 saturated heterocycles. The molecule has 0 radical (unpaired) electrons. The van der Waals surface area contributed by atoms with Crippen LogP contribution in [0.25, 0.3) is 0 Å². The Bertz CT molecular complexity index is 492. The third-order valence-corrected chi connectivity index (χ3v) is 4.18. The maximum Gasteiger partial charge on any atom is 0.241 e. The van der Waals surface area contributed by atoms with Crippen LogP contribution in [0, 0.1) is 5.82 Å². The van der Waals surface area contributed by atoms with Gasteiger partial charge < -0.3 is 5.73 Å². The number of hydrogen-bond acceptors (Lipinski definition) is 3. The van der Waals surface area contributed by atoms with Crippen LogP contribution in [-0.2, 0) is 10.0 Å². The Kier molecular flexibility index (Phi) is 3.78. The average Bonchev–Trinajstić information content (AvgIpc) is 2.14. The average molecular weight is 260 g/mol. The van der Waals surface area contributed by atoms with E-state index >= 15 is 0 Å². The van der Waals surface area contributed by atoms with Crippen molar-refractivity contribution in [3.8, 4) is 0 Å². The Hall–Kier alpha value is -1.14. The van der Waals surface area contributed by atoms with Gasteiger partial charge in [-0.2, -0.15) is 0 Å². The highest BCUT2D eigenvalue weighted by molar-refractivity contribution is 7.89. The van der Waals surface area contributed by atoms with Crippen molar-refractivity contribution in [2.45, 2.75) is 37.6 Å². The second kappa shape index (κ2) is 4.62. The molecule has 0 amide bonds. The number of halogens is 1. The van der Waals surface area contributed by atoms with Crippen molar-refractivity contribution >= 4 is 15.7 Å². The lowest BCUT2D eigenvalue weighted by atomic mass is 10.0. The van der Waals surface area contributed by atoms with Gasteiger partial charge in [0.1, 0.15) is 5.82 Å². The van der Waals surface area contributed by atoms with Crippen molar-refractivity contribution in [2.24, 2.45) is 0 Å². The fourth-order valence-electron chi connectivity index (χ4n) is 1.23. The minimum atomic E-state index is -3.75. The second-order valence-corrected chi connectivity index (χ2v) is 6.25. The maximum atomic E-state index is 13.1. The molecule has 0 heterocycles. The van der Waals surface area contributed by atoms with E-state index in [1.807, 2.05) is 6.92 Å². The van der Waals surface area contributed by atoms with Crippen molar-refractivity contribution in [1.82, 2.24) is 4.72 Å². The summed E-state index contributed by atoms with van der Waals surface area (Å²) in [6.45, 7) is 5.38. The van der Waals surface area contributed by atoms with E-state index in [4.69, 9.17) is 5.73 Å². The Morgan fingerprint density at radius 1 is 1.35 bits per heavy atom. The van der Waals surface area contributed by atoms with Crippen LogP contribution in [0.1, 0.15) is 27.2 Å². The molecule has 0 fully saturated rings. The van der Waals surface area contributed by atoms with E-state index in [0.717, 1.165) is 12.1 Å². The van der Waals surface area contributed by atoms with Crippen molar-refractivity contribution < 1.29 is 12.8 Å². The number of hydrogen-bond donors (Lipinski definition) is 2. The molecule has 0 saturated carbocycles. The molecule has 0 aliphatic heterocycles. The summed E-state index contributed by atoms with van der Waals surface area (Å²) >= 11 is 0. The van der Waals surface area contributed by atoms with Gasteiger partial charge in [0.25, 0.3) is 0 Å². The van der Waals surface area contributed by atoms with Crippen LogP contribution in [-0.4, -0.2) is 14.0 Å². The zero-order valence-electron chi connectivity index (χ0n) is 10.1. The van der Waals surface area contributed by atoms with Crippen molar-refractivity contribution in [3.63, 3.8) is 0 Å². The third kappa shape index (κ3) is 3.67. The first-order chi connectivity index (χ1) is 7.66. The Labute approximate surface area is 101 Å². The Morgan fingerprint density at radius 3 is 2.41 bits per heavy atom. The largest absolute Gasteiger partial charge is 0.399 e. The maximum absolute atomic E-state index is 13.1. The summed E-state index contributed by atoms with van der Waals surface area (Å²) in [7, 11) is -3.75. The zero-order valence-corrected chi connectivity index (χ0v) is 10.9. The second-order valence-electron chi connectivity index (χ2n) is 4.56. The molecular formula is C11H17FN2O2S. The van der Waals surface area contributed by atoms with Gasteiger partial charge in [-0.25, -0.2) is 17.5 Å². The molecule has 0 atom stereocenters. The van der Waals surface area contributed by atoms with Crippen LogP contribution >= 0.6 is 0 Å². The number of anilines is 1. The number of nitrogens with two attached hydrogens (primary N) is 1. The van der Waals surface area contributed by atoms with Gasteiger partial charge in [-0.1, -0.05) is 6.92 Å². The minimum absolute atomic E-state index is 0.0830. The topological polar surface area (TPSA) is 72.2 Å². The predicted octanol–water partition coefficient (Wildman–Crippen LogP) is 1.87. The summed E-state index contributed by atoms with van der Waals surface area (Å²) in [6, 6.07) is 3.26. The number of nitrogens with one attached hydrogen (secondary N) is 1. The lowest BCUT2D eigenvalue weighted by Crippen LogP contribution is -2.42. The summed E-state index contributed by atoms with van der Waals surface area (Å²) in [5.74, 6) is -0.667. The van der Waals surface area contributed by atoms with Gasteiger partial charge in [0.05, 0.1) is 4.90 Å². The predicted molar refractivity (Wildman–Crippen MR) is 65.5 cm³/mol. The van der Waals surface area contributed by atoms with E-state index in [2.05, 4.69) is 4.72 Å². The van der Waals surface area contributed by atoms with Crippen LogP contribution in [0.5, 0.6) is 0 Å². The van der Waals surface area contributed by atoms with Crippen LogP contribution < -0.4 is 10.5 Å². The van der Waals surface area contributed by atoms with Gasteiger partial charge in [-0.05, 0) is 38.5 Å². The Balaban J connectivity index is 3.14. The molecule has 96 valence electrons. The number of benzene rings is 1. The van der Waals surface area contributed by atoms with Crippen molar-refractivity contribution in [3.05, 3.63) is 24.0 Å². The smallest absolute Gasteiger partial charge is 0.241 e. The summed E-state index contributed by atoms with van der Waals surface area (Å²) in [6.07, 6.45) is 0.622. The fraction of sp³-hybridized carbons (Fsp3) is 0.455. The summed E-state index contributed by atoms with van der Waals surface area (Å²) in [4.78, 5) is -0.156. The van der Waals surface area contributed by atoms with Crippen LogP contribution in [0.4, 0.5) is 10.1 Å². The number of rotatable bonds is 4. The SMILES string of the molecule is CCC(C)(C)NS(=O)(=O)c1cc(N)cc(F)c1. The molecular weight excluding hydrogens is 243 g/mol. The lowest BCUT2D eigenvalue weighted by Gasteiger charge is -2.24. The minimum Gasteiger partial charge on any atom is -0.399 e. The highest BCUT2D eigenvalue weighted by Gasteiger charge is 2.25. The van der Waals surface area contributed by atoms with Gasteiger partial charge >= 0.3 is 0 Å². The van der Waals surface area contributed by atoms with E-state index < -0.39 is 21.4 Å². The monoisotopic (exact) mass is 260 g/mol. The molecule has 0 unspecified atom stereocenters. The first-order valence-electron chi connectivity index (χ1n) is 5.26. The highest BCUT2D eigenvalue weighted by Crippen LogP contribution is 2.19. The Morgan fingerprint density at radius 2 is 1.94 bits per heavy atom. The van der Waals surface area contributed by atoms with Gasteiger partial charge in [0, 0.05) is 11.2 Å². The van der Waals surface area contributed by atoms with E-state index in [0.29, 0.717) is 6.42 Å². The van der Waals surface area contributed by atoms with Gasteiger partial charge in [-0.15, -0.1) is 0 Å². The van der Waals surface area contributed by atoms with E-state index in [1.54, 1.807) is 13.8 Å². The number of nitrogen functional groups attached to an aromatic ring is 1. The fourth-order valence-corrected chi connectivity index (χ4v) is 2.78. The standard InChI is InChI=1S/C11H17FN2O2S/c1-4-11(2,3)14-17(15,16)10-6-8(12)5-9(13)7-10/h5-7,14H,4,13H2,1-3H3. The molecule has 17 heavy (non-hydrogen) atoms. The first-order valence-corrected chi connectivity index (χ1v) is 6.75. The summed E-state index contributed by atoms with van der Waals surface area (Å²) in [5, 5.41) is 0. The zero-order chi connectivity index (χ0) is 13.3. The van der Waals surface area contributed by atoms with Crippen LogP contribution in [0.3, 0.4) is 0 Å². The first kappa shape index (κ1) is 13.9. The van der Waals surface area contributed by atoms with Gasteiger partial charge in [-0.3, -0.25) is 0 Å². The lowest BCUT2D eigenvalue weighted by molar-refractivity contribution is 0.439. The molecule has 4 nitrogen and oxygen atoms in total. The molecule has 0 aliphatic rings. The number of sulfonamides is 1. The molecule has 0 aliphatic carbocycles. The van der Waals surface area contributed by atoms with Gasteiger partial charge in [0.15, 0.2) is 0 Å². The summed E-state index contributed by atoms with van der Waals surface area (Å²) < 4.78 is 39.6. The van der Waals surface area contributed by atoms with Crippen molar-refractivity contribution in [2.75, 3.05) is 5.73 Å². The van der Waals surface area contributed by atoms with Crippen LogP contribution in [0.15, 0.2) is 23.1 Å². The van der Waals surface area contributed by atoms with E-state index in [-0.39, 0.29) is 10.6 Å². The quantitative estimate of drug-likeness (QED) is 0.812. The molecule has 3 N–H and O–H groups in total. The third-order valence-electron chi connectivity index (χ3n) is 2.50. The summed E-state index contributed by atoms with van der Waals surface area (Å²) in [5.41, 5.74) is 4.92.